The summed E-state index contributed by atoms with van der Waals surface area (Å²) >= 11 is 0. The molecule has 13 nitrogen and oxygen atoms in total. The van der Waals surface area contributed by atoms with Crippen LogP contribution in [0.3, 0.4) is 0 Å². The van der Waals surface area contributed by atoms with Gasteiger partial charge in [0.1, 0.15) is 11.7 Å². The predicted molar refractivity (Wildman–Crippen MR) is 181 cm³/mol. The van der Waals surface area contributed by atoms with E-state index >= 15 is 0 Å². The number of carbonyl (C=O) groups excluding carboxylic acids is 3. The standard InChI is InChI=1S/C36H40N8O5/c1-25-30(44-18-7-6-14-32(44)38-25)23-33(45)42-19-15-27-24-43(41-40-27)17-9-21-49-34-28(12-8-13-31(34)48-2)35(46)39-29(36(47)37-16-20-42)22-26-10-4-3-5-11-26/h3-8,10-14,18,24,29H,9,15-17,19-23H2,1-2H3,(H,37,47)(H,39,46)/t29-/m0/s1. The summed E-state index contributed by atoms with van der Waals surface area (Å²) in [6.45, 7) is 3.54. The van der Waals surface area contributed by atoms with Gasteiger partial charge in [-0.05, 0) is 36.8 Å². The molecule has 3 aromatic heterocycles. The first-order valence-corrected chi connectivity index (χ1v) is 16.4. The highest BCUT2D eigenvalue weighted by Gasteiger charge is 2.26. The number of benzene rings is 2. The van der Waals surface area contributed by atoms with E-state index in [2.05, 4.69) is 25.9 Å². The largest absolute Gasteiger partial charge is 0.493 e. The van der Waals surface area contributed by atoms with E-state index in [-0.39, 0.29) is 49.9 Å². The lowest BCUT2D eigenvalue weighted by atomic mass is 10.0. The van der Waals surface area contributed by atoms with Crippen molar-refractivity contribution in [2.24, 2.45) is 0 Å². The van der Waals surface area contributed by atoms with Crippen LogP contribution in [-0.4, -0.2) is 86.4 Å². The van der Waals surface area contributed by atoms with Crippen molar-refractivity contribution in [2.45, 2.75) is 45.2 Å². The number of ether oxygens (including phenoxy) is 2. The minimum atomic E-state index is -0.893. The van der Waals surface area contributed by atoms with Crippen LogP contribution < -0.4 is 20.1 Å². The van der Waals surface area contributed by atoms with E-state index in [1.54, 1.807) is 27.8 Å². The van der Waals surface area contributed by atoms with Crippen LogP contribution in [0.15, 0.2) is 79.1 Å². The minimum absolute atomic E-state index is 0.0990. The SMILES string of the molecule is COc1cccc2c1OCCCn1cc(nn1)CCN(C(=O)Cc1c(C)nc3ccccn13)CCNC(=O)[C@H](Cc1ccccc1)NC2=O. The van der Waals surface area contributed by atoms with Gasteiger partial charge in [0.2, 0.25) is 11.8 Å². The molecule has 0 spiro atoms. The van der Waals surface area contributed by atoms with Gasteiger partial charge in [0.15, 0.2) is 11.5 Å². The number of carbonyl (C=O) groups is 3. The van der Waals surface area contributed by atoms with Crippen molar-refractivity contribution in [3.05, 3.63) is 107 Å². The van der Waals surface area contributed by atoms with Gasteiger partial charge in [-0.1, -0.05) is 47.7 Å². The topological polar surface area (TPSA) is 145 Å². The maximum atomic E-state index is 13.8. The number of nitrogens with zero attached hydrogens (tertiary/aromatic N) is 6. The number of fused-ring (bicyclic) bond motifs is 4. The van der Waals surface area contributed by atoms with Crippen LogP contribution in [0.2, 0.25) is 0 Å². The van der Waals surface area contributed by atoms with Gasteiger partial charge >= 0.3 is 0 Å². The Morgan fingerprint density at radius 3 is 2.69 bits per heavy atom. The van der Waals surface area contributed by atoms with Crippen LogP contribution in [0.1, 0.15) is 39.4 Å². The van der Waals surface area contributed by atoms with Gasteiger partial charge in [0.25, 0.3) is 5.91 Å². The molecule has 1 aliphatic rings. The molecule has 0 aliphatic carbocycles. The van der Waals surface area contributed by atoms with Crippen LogP contribution in [0.25, 0.3) is 5.65 Å². The quantitative estimate of drug-likeness (QED) is 0.292. The summed E-state index contributed by atoms with van der Waals surface area (Å²) in [7, 11) is 1.51. The van der Waals surface area contributed by atoms with Crippen molar-refractivity contribution in [3.8, 4) is 11.5 Å². The number of para-hydroxylation sites is 1. The molecule has 0 saturated carbocycles. The van der Waals surface area contributed by atoms with Crippen molar-refractivity contribution >= 4 is 23.4 Å². The summed E-state index contributed by atoms with van der Waals surface area (Å²) in [6, 6.07) is 19.4. The molecule has 2 aromatic carbocycles. The molecule has 5 aromatic rings. The maximum Gasteiger partial charge on any atom is 0.255 e. The zero-order valence-electron chi connectivity index (χ0n) is 27.7. The number of rotatable bonds is 5. The Kier molecular flexibility index (Phi) is 10.5. The Bertz CT molecular complexity index is 1920. The maximum absolute atomic E-state index is 13.8. The summed E-state index contributed by atoms with van der Waals surface area (Å²) < 4.78 is 15.3. The Balaban J connectivity index is 1.26. The van der Waals surface area contributed by atoms with Crippen LogP contribution in [0.4, 0.5) is 0 Å². The average Bonchev–Trinajstić information content (AvgIpc) is 3.70. The first kappa shape index (κ1) is 33.2. The number of aromatic nitrogens is 5. The van der Waals surface area contributed by atoms with Crippen LogP contribution in [-0.2, 0) is 35.4 Å². The third-order valence-electron chi connectivity index (χ3n) is 8.53. The first-order valence-electron chi connectivity index (χ1n) is 16.4. The van der Waals surface area contributed by atoms with Gasteiger partial charge in [0, 0.05) is 57.8 Å². The summed E-state index contributed by atoms with van der Waals surface area (Å²) in [5.41, 5.74) is 4.27. The third-order valence-corrected chi connectivity index (χ3v) is 8.53. The van der Waals surface area contributed by atoms with Crippen molar-refractivity contribution in [3.63, 3.8) is 0 Å². The Morgan fingerprint density at radius 1 is 1.02 bits per heavy atom. The molecule has 2 N–H and O–H groups in total. The lowest BCUT2D eigenvalue weighted by molar-refractivity contribution is -0.131. The summed E-state index contributed by atoms with van der Waals surface area (Å²) in [5.74, 6) is -0.223. The van der Waals surface area contributed by atoms with Gasteiger partial charge < -0.3 is 29.4 Å². The second kappa shape index (κ2) is 15.5. The molecule has 0 fully saturated rings. The van der Waals surface area contributed by atoms with E-state index in [1.807, 2.05) is 72.2 Å². The van der Waals surface area contributed by atoms with Gasteiger partial charge in [-0.3, -0.25) is 19.1 Å². The number of nitrogens with one attached hydrogen (secondary N) is 2. The number of pyridine rings is 1. The molecular formula is C36H40N8O5. The minimum Gasteiger partial charge on any atom is -0.493 e. The third kappa shape index (κ3) is 8.06. The number of imidazole rings is 1. The van der Waals surface area contributed by atoms with Crippen molar-refractivity contribution in [2.75, 3.05) is 33.4 Å². The van der Waals surface area contributed by atoms with Crippen LogP contribution >= 0.6 is 0 Å². The molecular weight excluding hydrogens is 624 g/mol. The van der Waals surface area contributed by atoms with E-state index in [4.69, 9.17) is 9.47 Å². The number of amides is 3. The summed E-state index contributed by atoms with van der Waals surface area (Å²) in [6.07, 6.45) is 5.25. The highest BCUT2D eigenvalue weighted by molar-refractivity contribution is 6.00. The molecule has 1 aliphatic heterocycles. The van der Waals surface area contributed by atoms with Gasteiger partial charge in [-0.25, -0.2) is 4.98 Å². The molecule has 4 heterocycles. The van der Waals surface area contributed by atoms with E-state index in [1.165, 1.54) is 7.11 Å². The number of aryl methyl sites for hydroxylation is 2. The van der Waals surface area contributed by atoms with E-state index in [0.717, 1.165) is 28.3 Å². The van der Waals surface area contributed by atoms with E-state index in [0.29, 0.717) is 37.4 Å². The van der Waals surface area contributed by atoms with Crippen LogP contribution in [0, 0.1) is 6.92 Å². The fourth-order valence-corrected chi connectivity index (χ4v) is 5.94. The van der Waals surface area contributed by atoms with Crippen LogP contribution in [0.5, 0.6) is 11.5 Å². The molecule has 0 radical (unpaired) electrons. The molecule has 2 bridgehead atoms. The summed E-state index contributed by atoms with van der Waals surface area (Å²) in [5, 5.41) is 14.5. The van der Waals surface area contributed by atoms with Gasteiger partial charge in [-0.15, -0.1) is 5.10 Å². The second-order valence-electron chi connectivity index (χ2n) is 11.9. The lowest BCUT2D eigenvalue weighted by Crippen LogP contribution is -2.50. The smallest absolute Gasteiger partial charge is 0.255 e. The van der Waals surface area contributed by atoms with Gasteiger partial charge in [0.05, 0.1) is 42.8 Å². The number of hydrogen-bond donors (Lipinski definition) is 2. The Morgan fingerprint density at radius 2 is 1.86 bits per heavy atom. The van der Waals surface area contributed by atoms with Gasteiger partial charge in [-0.2, -0.15) is 0 Å². The zero-order chi connectivity index (χ0) is 34.2. The van der Waals surface area contributed by atoms with E-state index in [9.17, 15) is 14.4 Å². The molecule has 3 amide bonds. The lowest BCUT2D eigenvalue weighted by Gasteiger charge is -2.24. The molecule has 0 unspecified atom stereocenters. The fraction of sp³-hybridized carbons (Fsp3) is 0.333. The second-order valence-corrected chi connectivity index (χ2v) is 11.9. The van der Waals surface area contributed by atoms with Crippen molar-refractivity contribution in [1.82, 2.24) is 39.9 Å². The average molecular weight is 665 g/mol. The Hall–Kier alpha value is -5.72. The van der Waals surface area contributed by atoms with E-state index < -0.39 is 11.9 Å². The molecule has 6 rings (SSSR count). The fourth-order valence-electron chi connectivity index (χ4n) is 5.94. The zero-order valence-corrected chi connectivity index (χ0v) is 27.7. The predicted octanol–water partition coefficient (Wildman–Crippen LogP) is 2.80. The highest BCUT2D eigenvalue weighted by atomic mass is 16.5. The first-order chi connectivity index (χ1) is 23.9. The molecule has 1 atom stereocenters. The van der Waals surface area contributed by atoms with Crippen molar-refractivity contribution < 1.29 is 23.9 Å². The highest BCUT2D eigenvalue weighted by Crippen LogP contribution is 2.31. The number of hydrogen-bond acceptors (Lipinski definition) is 8. The molecule has 49 heavy (non-hydrogen) atoms. The summed E-state index contributed by atoms with van der Waals surface area (Å²) in [4.78, 5) is 47.6. The molecule has 0 saturated heterocycles. The molecule has 254 valence electrons. The Labute approximate surface area is 284 Å². The number of methoxy groups -OCH3 is 1. The van der Waals surface area contributed by atoms with Crippen molar-refractivity contribution in [1.29, 1.82) is 0 Å². The monoisotopic (exact) mass is 664 g/mol. The molecule has 13 heteroatoms. The normalized spacial score (nSPS) is 16.4.